The smallest absolute Gasteiger partial charge is 0.255 e. The van der Waals surface area contributed by atoms with E-state index in [0.29, 0.717) is 17.7 Å². The highest BCUT2D eigenvalue weighted by molar-refractivity contribution is 6.08. The molecule has 1 amide bonds. The van der Waals surface area contributed by atoms with Gasteiger partial charge >= 0.3 is 0 Å². The van der Waals surface area contributed by atoms with Crippen LogP contribution in [0.4, 0.5) is 14.5 Å². The Hall–Kier alpha value is -2.96. The van der Waals surface area contributed by atoms with Crippen molar-refractivity contribution in [2.45, 2.75) is 19.8 Å². The van der Waals surface area contributed by atoms with E-state index in [2.05, 4.69) is 15.3 Å². The number of nitrogens with one attached hydrogen (secondary N) is 2. The lowest BCUT2D eigenvalue weighted by Gasteiger charge is -2.08. The molecule has 0 fully saturated rings. The number of fused-ring (bicyclic) bond motifs is 1. The van der Waals surface area contributed by atoms with Crippen molar-refractivity contribution in [1.29, 1.82) is 0 Å². The number of rotatable bonds is 6. The topological polar surface area (TPSA) is 67.0 Å². The molecule has 0 unspecified atom stereocenters. The number of amides is 1. The number of halogens is 2. The first kappa shape index (κ1) is 16.9. The summed E-state index contributed by atoms with van der Waals surface area (Å²) in [6.07, 6.45) is 5.76. The fourth-order valence-electron chi connectivity index (χ4n) is 2.39. The van der Waals surface area contributed by atoms with E-state index in [4.69, 9.17) is 4.74 Å². The molecule has 0 aliphatic carbocycles. The molecule has 2 heterocycles. The summed E-state index contributed by atoms with van der Waals surface area (Å²) in [4.78, 5) is 18.8. The van der Waals surface area contributed by atoms with Gasteiger partial charge in [-0.1, -0.05) is 13.3 Å². The standard InChI is InChI=1S/C18H17F2N3O2/c1-2-3-6-25-16-5-4-11(7-13(16)19)18(24)23-15-10-22-17-12(15)8-21-9-14(17)20/h4-5,7-10,22H,2-3,6H2,1H3,(H,23,24). The van der Waals surface area contributed by atoms with Crippen LogP contribution in [0.3, 0.4) is 0 Å². The molecule has 0 aliphatic heterocycles. The average Bonchev–Trinajstić information content (AvgIpc) is 3.01. The van der Waals surface area contributed by atoms with Gasteiger partial charge in [0.1, 0.15) is 0 Å². The maximum atomic E-state index is 14.1. The third kappa shape index (κ3) is 3.60. The van der Waals surface area contributed by atoms with E-state index in [9.17, 15) is 13.6 Å². The van der Waals surface area contributed by atoms with Gasteiger partial charge in [0.25, 0.3) is 5.91 Å². The summed E-state index contributed by atoms with van der Waals surface area (Å²) in [6, 6.07) is 4.02. The van der Waals surface area contributed by atoms with Crippen molar-refractivity contribution in [1.82, 2.24) is 9.97 Å². The van der Waals surface area contributed by atoms with Crippen LogP contribution in [0.15, 0.2) is 36.8 Å². The number of hydrogen-bond acceptors (Lipinski definition) is 3. The number of carbonyl (C=O) groups excluding carboxylic acids is 1. The van der Waals surface area contributed by atoms with Crippen LogP contribution in [0, 0.1) is 11.6 Å². The van der Waals surface area contributed by atoms with Crippen LogP contribution in [-0.4, -0.2) is 22.5 Å². The van der Waals surface area contributed by atoms with Gasteiger partial charge in [-0.3, -0.25) is 9.78 Å². The second-order valence-corrected chi connectivity index (χ2v) is 5.55. The maximum Gasteiger partial charge on any atom is 0.255 e. The lowest BCUT2D eigenvalue weighted by atomic mass is 10.2. The Morgan fingerprint density at radius 1 is 1.28 bits per heavy atom. The normalized spacial score (nSPS) is 10.8. The van der Waals surface area contributed by atoms with Crippen LogP contribution >= 0.6 is 0 Å². The monoisotopic (exact) mass is 345 g/mol. The van der Waals surface area contributed by atoms with Gasteiger partial charge in [-0.15, -0.1) is 0 Å². The highest BCUT2D eigenvalue weighted by atomic mass is 19.1. The zero-order valence-corrected chi connectivity index (χ0v) is 13.6. The summed E-state index contributed by atoms with van der Waals surface area (Å²) in [6.45, 7) is 2.44. The van der Waals surface area contributed by atoms with Gasteiger partial charge in [0, 0.05) is 23.3 Å². The molecule has 0 saturated carbocycles. The Bertz CT molecular complexity index is 908. The average molecular weight is 345 g/mol. The second-order valence-electron chi connectivity index (χ2n) is 5.55. The highest BCUT2D eigenvalue weighted by Crippen LogP contribution is 2.25. The van der Waals surface area contributed by atoms with E-state index in [0.717, 1.165) is 25.1 Å². The van der Waals surface area contributed by atoms with Gasteiger partial charge in [0.05, 0.1) is 24.0 Å². The van der Waals surface area contributed by atoms with Crippen LogP contribution in [0.5, 0.6) is 5.75 Å². The number of unbranched alkanes of at least 4 members (excludes halogenated alkanes) is 1. The maximum absolute atomic E-state index is 14.1. The molecule has 130 valence electrons. The van der Waals surface area contributed by atoms with Crippen LogP contribution in [0.1, 0.15) is 30.1 Å². The largest absolute Gasteiger partial charge is 0.491 e. The van der Waals surface area contributed by atoms with Gasteiger partial charge in [-0.05, 0) is 24.6 Å². The number of hydrogen-bond donors (Lipinski definition) is 2. The molecule has 0 radical (unpaired) electrons. The molecular formula is C18H17F2N3O2. The Labute approximate surface area is 143 Å². The van der Waals surface area contributed by atoms with Crippen molar-refractivity contribution < 1.29 is 18.3 Å². The minimum absolute atomic E-state index is 0.114. The summed E-state index contributed by atoms with van der Waals surface area (Å²) in [5.41, 5.74) is 0.755. The fraction of sp³-hybridized carbons (Fsp3) is 0.222. The number of aromatic amines is 1. The van der Waals surface area contributed by atoms with Crippen molar-refractivity contribution in [3.63, 3.8) is 0 Å². The molecule has 0 saturated heterocycles. The third-order valence-corrected chi connectivity index (χ3v) is 3.75. The van der Waals surface area contributed by atoms with E-state index in [1.54, 1.807) is 0 Å². The number of carbonyl (C=O) groups is 1. The molecule has 2 N–H and O–H groups in total. The molecule has 5 nitrogen and oxygen atoms in total. The summed E-state index contributed by atoms with van der Waals surface area (Å²) < 4.78 is 33.0. The van der Waals surface area contributed by atoms with Crippen LogP contribution in [0.2, 0.25) is 0 Å². The van der Waals surface area contributed by atoms with E-state index >= 15 is 0 Å². The fourth-order valence-corrected chi connectivity index (χ4v) is 2.39. The highest BCUT2D eigenvalue weighted by Gasteiger charge is 2.14. The predicted molar refractivity (Wildman–Crippen MR) is 90.8 cm³/mol. The Kier molecular flexibility index (Phi) is 4.92. The first-order valence-electron chi connectivity index (χ1n) is 7.94. The number of nitrogens with zero attached hydrogens (tertiary/aromatic N) is 1. The Morgan fingerprint density at radius 3 is 2.88 bits per heavy atom. The van der Waals surface area contributed by atoms with Gasteiger partial charge in [-0.2, -0.15) is 0 Å². The molecule has 0 spiro atoms. The molecular weight excluding hydrogens is 328 g/mol. The van der Waals surface area contributed by atoms with Gasteiger partial charge in [0.15, 0.2) is 17.4 Å². The van der Waals surface area contributed by atoms with Crippen molar-refractivity contribution in [3.8, 4) is 5.75 Å². The van der Waals surface area contributed by atoms with E-state index in [1.807, 2.05) is 6.92 Å². The lowest BCUT2D eigenvalue weighted by Crippen LogP contribution is -2.12. The molecule has 0 bridgehead atoms. The van der Waals surface area contributed by atoms with Crippen molar-refractivity contribution >= 4 is 22.5 Å². The van der Waals surface area contributed by atoms with E-state index in [1.165, 1.54) is 24.5 Å². The quantitative estimate of drug-likeness (QED) is 0.656. The first-order chi connectivity index (χ1) is 12.1. The number of benzene rings is 1. The number of aromatic nitrogens is 2. The van der Waals surface area contributed by atoms with Crippen LogP contribution in [0.25, 0.3) is 10.9 Å². The summed E-state index contributed by atoms with van der Waals surface area (Å²) in [5.74, 6) is -1.51. The van der Waals surface area contributed by atoms with Gasteiger partial charge in [-0.25, -0.2) is 8.78 Å². The Balaban J connectivity index is 1.76. The number of anilines is 1. The van der Waals surface area contributed by atoms with Crippen LogP contribution in [-0.2, 0) is 0 Å². The van der Waals surface area contributed by atoms with Gasteiger partial charge < -0.3 is 15.0 Å². The minimum Gasteiger partial charge on any atom is -0.491 e. The molecule has 0 aliphatic rings. The van der Waals surface area contributed by atoms with Gasteiger partial charge in [0.2, 0.25) is 0 Å². The first-order valence-corrected chi connectivity index (χ1v) is 7.94. The van der Waals surface area contributed by atoms with Crippen molar-refractivity contribution in [2.24, 2.45) is 0 Å². The molecule has 1 aromatic carbocycles. The zero-order valence-electron chi connectivity index (χ0n) is 13.6. The van der Waals surface area contributed by atoms with Crippen LogP contribution < -0.4 is 10.1 Å². The van der Waals surface area contributed by atoms with E-state index < -0.39 is 17.5 Å². The molecule has 3 rings (SSSR count). The zero-order chi connectivity index (χ0) is 17.8. The van der Waals surface area contributed by atoms with Crippen molar-refractivity contribution in [3.05, 3.63) is 54.0 Å². The minimum atomic E-state index is -0.601. The van der Waals surface area contributed by atoms with Crippen molar-refractivity contribution in [2.75, 3.05) is 11.9 Å². The molecule has 0 atom stereocenters. The second kappa shape index (κ2) is 7.29. The molecule has 3 aromatic rings. The summed E-state index contributed by atoms with van der Waals surface area (Å²) in [7, 11) is 0. The summed E-state index contributed by atoms with van der Waals surface area (Å²) >= 11 is 0. The number of ether oxygens (including phenoxy) is 1. The number of H-pyrrole nitrogens is 1. The lowest BCUT2D eigenvalue weighted by molar-refractivity contribution is 0.102. The SMILES string of the molecule is CCCCOc1ccc(C(=O)Nc2c[nH]c3c(F)cncc23)cc1F. The van der Waals surface area contributed by atoms with E-state index in [-0.39, 0.29) is 16.8 Å². The molecule has 7 heteroatoms. The predicted octanol–water partition coefficient (Wildman–Crippen LogP) is 4.27. The third-order valence-electron chi connectivity index (χ3n) is 3.75. The Morgan fingerprint density at radius 2 is 2.12 bits per heavy atom. The summed E-state index contributed by atoms with van der Waals surface area (Å²) in [5, 5.41) is 3.06. The molecule has 2 aromatic heterocycles. The number of pyridine rings is 1. The molecule has 25 heavy (non-hydrogen) atoms.